The molecular weight excluding hydrogens is 304 g/mol. The average molecular weight is 318 g/mol. The molecule has 0 bridgehead atoms. The first-order valence-electron chi connectivity index (χ1n) is 5.93. The maximum absolute atomic E-state index is 12.0. The molecule has 2 heterocycles. The molecule has 1 saturated heterocycles. The second-order valence-corrected chi connectivity index (χ2v) is 8.13. The molecule has 1 aliphatic rings. The first kappa shape index (κ1) is 14.9. The number of rotatable bonds is 5. The summed E-state index contributed by atoms with van der Waals surface area (Å²) >= 11 is 1.07. The number of amides is 1. The molecule has 0 atom stereocenters. The standard InChI is InChI=1S/C11H14N2O5S2/c1-11(2)9(16)13(20(11,17)18)10-12-7(6-19-10)4-3-5-8(14)15/h6H,3-5H2,1-2H3,(H,14,15). The van der Waals surface area contributed by atoms with Crippen LogP contribution < -0.4 is 4.31 Å². The molecule has 1 amide bonds. The molecule has 0 aromatic carbocycles. The molecule has 0 spiro atoms. The number of aromatic nitrogens is 1. The van der Waals surface area contributed by atoms with Crippen molar-refractivity contribution in [1.29, 1.82) is 0 Å². The van der Waals surface area contributed by atoms with Gasteiger partial charge in [-0.05, 0) is 26.7 Å². The van der Waals surface area contributed by atoms with E-state index in [0.29, 0.717) is 18.5 Å². The van der Waals surface area contributed by atoms with Crippen molar-refractivity contribution < 1.29 is 23.1 Å². The fourth-order valence-corrected chi connectivity index (χ4v) is 4.28. The van der Waals surface area contributed by atoms with Crippen LogP contribution in [0, 0.1) is 0 Å². The highest BCUT2D eigenvalue weighted by Gasteiger charge is 2.61. The molecule has 1 N–H and O–H groups in total. The van der Waals surface area contributed by atoms with E-state index in [0.717, 1.165) is 15.6 Å². The lowest BCUT2D eigenvalue weighted by molar-refractivity contribution is -0.137. The maximum Gasteiger partial charge on any atom is 0.303 e. The molecule has 0 unspecified atom stereocenters. The number of carbonyl (C=O) groups excluding carboxylic acids is 1. The molecule has 1 aromatic heterocycles. The monoisotopic (exact) mass is 318 g/mol. The highest BCUT2D eigenvalue weighted by Crippen LogP contribution is 2.40. The van der Waals surface area contributed by atoms with Crippen molar-refractivity contribution >= 4 is 38.4 Å². The summed E-state index contributed by atoms with van der Waals surface area (Å²) in [5.41, 5.74) is 0.596. The van der Waals surface area contributed by atoms with Crippen LogP contribution in [0.25, 0.3) is 0 Å². The van der Waals surface area contributed by atoms with Gasteiger partial charge in [-0.1, -0.05) is 0 Å². The molecule has 7 nitrogen and oxygen atoms in total. The van der Waals surface area contributed by atoms with Crippen molar-refractivity contribution in [1.82, 2.24) is 4.98 Å². The van der Waals surface area contributed by atoms with Crippen molar-refractivity contribution in [3.63, 3.8) is 0 Å². The van der Waals surface area contributed by atoms with Gasteiger partial charge in [-0.25, -0.2) is 13.4 Å². The minimum atomic E-state index is -3.69. The normalized spacial score (nSPS) is 19.7. The topological polar surface area (TPSA) is 105 Å². The summed E-state index contributed by atoms with van der Waals surface area (Å²) in [6.45, 7) is 2.73. The lowest BCUT2D eigenvalue weighted by Gasteiger charge is -2.41. The Morgan fingerprint density at radius 3 is 2.70 bits per heavy atom. The Hall–Kier alpha value is -1.48. The van der Waals surface area contributed by atoms with Crippen LogP contribution in [-0.2, 0) is 26.0 Å². The second kappa shape index (κ2) is 4.81. The van der Waals surface area contributed by atoms with Crippen molar-refractivity contribution in [2.75, 3.05) is 4.31 Å². The summed E-state index contributed by atoms with van der Waals surface area (Å²) in [5.74, 6) is -1.38. The van der Waals surface area contributed by atoms with E-state index in [1.807, 2.05) is 0 Å². The van der Waals surface area contributed by atoms with Gasteiger partial charge in [0.2, 0.25) is 5.13 Å². The number of nitrogens with zero attached hydrogens (tertiary/aromatic N) is 2. The Kier molecular flexibility index (Phi) is 3.59. The molecule has 0 saturated carbocycles. The lowest BCUT2D eigenvalue weighted by Crippen LogP contribution is -2.67. The minimum Gasteiger partial charge on any atom is -0.481 e. The van der Waals surface area contributed by atoms with Crippen LogP contribution in [0.15, 0.2) is 5.38 Å². The summed E-state index contributed by atoms with van der Waals surface area (Å²) < 4.78 is 23.3. The van der Waals surface area contributed by atoms with Gasteiger partial charge in [0.1, 0.15) is 0 Å². The van der Waals surface area contributed by atoms with Crippen molar-refractivity contribution in [2.45, 2.75) is 37.9 Å². The van der Waals surface area contributed by atoms with Gasteiger partial charge < -0.3 is 5.11 Å². The van der Waals surface area contributed by atoms with E-state index in [4.69, 9.17) is 5.11 Å². The molecule has 20 heavy (non-hydrogen) atoms. The first-order chi connectivity index (χ1) is 9.18. The van der Waals surface area contributed by atoms with E-state index in [1.165, 1.54) is 13.8 Å². The number of aliphatic carboxylic acids is 1. The lowest BCUT2D eigenvalue weighted by atomic mass is 10.2. The number of aryl methyl sites for hydroxylation is 1. The predicted molar refractivity (Wildman–Crippen MR) is 73.2 cm³/mol. The molecule has 1 aliphatic heterocycles. The van der Waals surface area contributed by atoms with Gasteiger partial charge in [0.05, 0.1) is 5.69 Å². The Balaban J connectivity index is 2.11. The smallest absolute Gasteiger partial charge is 0.303 e. The van der Waals surface area contributed by atoms with Crippen LogP contribution >= 0.6 is 11.3 Å². The average Bonchev–Trinajstić information content (AvgIpc) is 2.76. The van der Waals surface area contributed by atoms with Crippen LogP contribution in [0.2, 0.25) is 0 Å². The van der Waals surface area contributed by atoms with Gasteiger partial charge in [0.25, 0.3) is 15.9 Å². The van der Waals surface area contributed by atoms with Crippen molar-refractivity contribution in [3.05, 3.63) is 11.1 Å². The van der Waals surface area contributed by atoms with Gasteiger partial charge in [-0.2, -0.15) is 4.31 Å². The van der Waals surface area contributed by atoms with Gasteiger partial charge in [0, 0.05) is 11.8 Å². The van der Waals surface area contributed by atoms with E-state index in [-0.39, 0.29) is 11.6 Å². The predicted octanol–water partition coefficient (Wildman–Crippen LogP) is 1.01. The molecule has 9 heteroatoms. The van der Waals surface area contributed by atoms with E-state index in [2.05, 4.69) is 4.98 Å². The first-order valence-corrected chi connectivity index (χ1v) is 8.25. The summed E-state index contributed by atoms with van der Waals surface area (Å²) in [5, 5.41) is 10.3. The zero-order chi connectivity index (χ0) is 15.1. The van der Waals surface area contributed by atoms with E-state index in [9.17, 15) is 18.0 Å². The summed E-state index contributed by atoms with van der Waals surface area (Å²) in [4.78, 5) is 26.3. The third-order valence-electron chi connectivity index (χ3n) is 3.12. The maximum atomic E-state index is 12.0. The van der Waals surface area contributed by atoms with Crippen LogP contribution in [0.5, 0.6) is 0 Å². The largest absolute Gasteiger partial charge is 0.481 e. The number of carboxylic acids is 1. The van der Waals surface area contributed by atoms with Crippen molar-refractivity contribution in [2.24, 2.45) is 0 Å². The molecule has 1 fully saturated rings. The third kappa shape index (κ3) is 2.20. The van der Waals surface area contributed by atoms with Crippen LogP contribution in [-0.4, -0.2) is 35.1 Å². The minimum absolute atomic E-state index is 0.0286. The number of carboxylic acid groups (broad SMARTS) is 1. The Labute approximate surface area is 120 Å². The van der Waals surface area contributed by atoms with E-state index < -0.39 is 26.6 Å². The highest BCUT2D eigenvalue weighted by atomic mass is 32.2. The summed E-state index contributed by atoms with van der Waals surface area (Å²) in [6, 6.07) is 0. The van der Waals surface area contributed by atoms with Gasteiger partial charge >= 0.3 is 5.97 Å². The van der Waals surface area contributed by atoms with Gasteiger partial charge in [0.15, 0.2) is 4.75 Å². The number of anilines is 1. The fourth-order valence-electron chi connectivity index (χ4n) is 1.77. The number of sulfonamides is 1. The summed E-state index contributed by atoms with van der Waals surface area (Å²) in [6.07, 6.45) is 0.889. The summed E-state index contributed by atoms with van der Waals surface area (Å²) in [7, 11) is -3.69. The van der Waals surface area contributed by atoms with Crippen LogP contribution in [0.4, 0.5) is 5.13 Å². The number of thiazole rings is 1. The Morgan fingerprint density at radius 1 is 1.50 bits per heavy atom. The number of carbonyl (C=O) groups is 2. The van der Waals surface area contributed by atoms with E-state index in [1.54, 1.807) is 5.38 Å². The molecular formula is C11H14N2O5S2. The van der Waals surface area contributed by atoms with Crippen LogP contribution in [0.1, 0.15) is 32.4 Å². The zero-order valence-corrected chi connectivity index (χ0v) is 12.6. The molecule has 1 aromatic rings. The van der Waals surface area contributed by atoms with Crippen LogP contribution in [0.3, 0.4) is 0 Å². The molecule has 110 valence electrons. The Bertz CT molecular complexity index is 662. The van der Waals surface area contributed by atoms with Gasteiger partial charge in [-0.3, -0.25) is 9.59 Å². The zero-order valence-electron chi connectivity index (χ0n) is 11.0. The number of hydrogen-bond acceptors (Lipinski definition) is 6. The SMILES string of the molecule is CC1(C)C(=O)N(c2nc(CCCC(=O)O)cs2)S1(=O)=O. The molecule has 0 aliphatic carbocycles. The Morgan fingerprint density at radius 2 is 2.15 bits per heavy atom. The quantitative estimate of drug-likeness (QED) is 0.868. The fraction of sp³-hybridized carbons (Fsp3) is 0.545. The highest BCUT2D eigenvalue weighted by molar-refractivity contribution is 7.98. The van der Waals surface area contributed by atoms with Gasteiger partial charge in [-0.15, -0.1) is 11.3 Å². The number of hydrogen-bond donors (Lipinski definition) is 1. The molecule has 2 rings (SSSR count). The third-order valence-corrected chi connectivity index (χ3v) is 6.40. The van der Waals surface area contributed by atoms with E-state index >= 15 is 0 Å². The molecule has 0 radical (unpaired) electrons. The van der Waals surface area contributed by atoms with Crippen molar-refractivity contribution in [3.8, 4) is 0 Å². The second-order valence-electron chi connectivity index (χ2n) is 4.95.